The Morgan fingerprint density at radius 1 is 1.47 bits per heavy atom. The quantitative estimate of drug-likeness (QED) is 0.781. The molecule has 0 bridgehead atoms. The zero-order valence-electron chi connectivity index (χ0n) is 9.76. The number of aryl methyl sites for hydroxylation is 1. The van der Waals surface area contributed by atoms with Crippen LogP contribution in [0.4, 0.5) is 0 Å². The van der Waals surface area contributed by atoms with Crippen LogP contribution in [0.1, 0.15) is 18.9 Å². The maximum Gasteiger partial charge on any atom is 0.320 e. The van der Waals surface area contributed by atoms with Gasteiger partial charge in [0.05, 0.1) is 12.1 Å². The molecule has 0 fully saturated rings. The van der Waals surface area contributed by atoms with Crippen molar-refractivity contribution < 1.29 is 9.90 Å². The summed E-state index contributed by atoms with van der Waals surface area (Å²) < 4.78 is 0. The smallest absolute Gasteiger partial charge is 0.320 e. The van der Waals surface area contributed by atoms with Gasteiger partial charge in [-0.3, -0.25) is 10.1 Å². The first-order valence-electron chi connectivity index (χ1n) is 5.56. The fourth-order valence-corrected chi connectivity index (χ4v) is 1.51. The summed E-state index contributed by atoms with van der Waals surface area (Å²) in [4.78, 5) is 10.7. The number of aliphatic carboxylic acids is 1. The number of rotatable bonds is 6. The number of carboxylic acids is 1. The minimum Gasteiger partial charge on any atom is -0.480 e. The van der Waals surface area contributed by atoms with Crippen molar-refractivity contribution in [2.45, 2.75) is 31.8 Å². The molecule has 0 saturated carbocycles. The van der Waals surface area contributed by atoms with Crippen LogP contribution in [-0.2, 0) is 11.2 Å². The van der Waals surface area contributed by atoms with Crippen LogP contribution in [0.25, 0.3) is 0 Å². The summed E-state index contributed by atoms with van der Waals surface area (Å²) in [6.45, 7) is 1.54. The predicted octanol–water partition coefficient (Wildman–Crippen LogP) is 1.57. The second-order valence-electron chi connectivity index (χ2n) is 3.93. The third kappa shape index (κ3) is 4.66. The number of carbonyl (C=O) groups is 1. The summed E-state index contributed by atoms with van der Waals surface area (Å²) in [7, 11) is 0. The van der Waals surface area contributed by atoms with E-state index in [0.717, 1.165) is 12.0 Å². The number of nitriles is 1. The summed E-state index contributed by atoms with van der Waals surface area (Å²) in [6, 6.07) is 10.8. The van der Waals surface area contributed by atoms with Crippen molar-refractivity contribution in [3.63, 3.8) is 0 Å². The normalized spacial score (nSPS) is 13.6. The van der Waals surface area contributed by atoms with Crippen molar-refractivity contribution in [3.8, 4) is 6.07 Å². The number of hydrogen-bond donors (Lipinski definition) is 2. The molecule has 17 heavy (non-hydrogen) atoms. The van der Waals surface area contributed by atoms with Gasteiger partial charge < -0.3 is 5.11 Å². The van der Waals surface area contributed by atoms with Crippen molar-refractivity contribution in [3.05, 3.63) is 35.9 Å². The fourth-order valence-electron chi connectivity index (χ4n) is 1.51. The fraction of sp³-hybridized carbons (Fsp3) is 0.385. The molecule has 4 nitrogen and oxygen atoms in total. The number of hydrogen-bond acceptors (Lipinski definition) is 3. The van der Waals surface area contributed by atoms with Crippen molar-refractivity contribution in [2.75, 3.05) is 0 Å². The predicted molar refractivity (Wildman–Crippen MR) is 64.4 cm³/mol. The Morgan fingerprint density at radius 2 is 2.12 bits per heavy atom. The molecule has 0 saturated heterocycles. The lowest BCUT2D eigenvalue weighted by atomic mass is 10.1. The second kappa shape index (κ2) is 6.66. The van der Waals surface area contributed by atoms with E-state index < -0.39 is 18.1 Å². The molecular formula is C13H16N2O2. The maximum absolute atomic E-state index is 10.7. The zero-order chi connectivity index (χ0) is 12.7. The van der Waals surface area contributed by atoms with Gasteiger partial charge in [0.2, 0.25) is 0 Å². The second-order valence-corrected chi connectivity index (χ2v) is 3.93. The standard InChI is InChI=1S/C13H16N2O2/c1-10(13(16)17)15-12(9-14)8-7-11-5-3-2-4-6-11/h2-6,10,12,15H,7-8H2,1H3,(H,16,17)/t10-,12?/m0/s1. The molecule has 0 amide bonds. The highest BCUT2D eigenvalue weighted by Crippen LogP contribution is 2.05. The van der Waals surface area contributed by atoms with Crippen molar-refractivity contribution >= 4 is 5.97 Å². The molecule has 1 unspecified atom stereocenters. The van der Waals surface area contributed by atoms with Crippen LogP contribution >= 0.6 is 0 Å². The van der Waals surface area contributed by atoms with E-state index in [1.165, 1.54) is 6.92 Å². The molecule has 1 aromatic rings. The maximum atomic E-state index is 10.7. The van der Waals surface area contributed by atoms with Gasteiger partial charge >= 0.3 is 5.97 Å². The molecule has 90 valence electrons. The first-order valence-corrected chi connectivity index (χ1v) is 5.56. The van der Waals surface area contributed by atoms with Crippen molar-refractivity contribution in [1.82, 2.24) is 5.32 Å². The number of nitrogens with one attached hydrogen (secondary N) is 1. The van der Waals surface area contributed by atoms with Crippen molar-refractivity contribution in [2.24, 2.45) is 0 Å². The molecule has 4 heteroatoms. The monoisotopic (exact) mass is 232 g/mol. The molecule has 1 rings (SSSR count). The molecule has 2 N–H and O–H groups in total. The lowest BCUT2D eigenvalue weighted by Crippen LogP contribution is -2.40. The highest BCUT2D eigenvalue weighted by Gasteiger charge is 2.16. The molecular weight excluding hydrogens is 216 g/mol. The van der Waals surface area contributed by atoms with Gasteiger partial charge in [-0.25, -0.2) is 0 Å². The summed E-state index contributed by atoms with van der Waals surface area (Å²) >= 11 is 0. The van der Waals surface area contributed by atoms with E-state index >= 15 is 0 Å². The van der Waals surface area contributed by atoms with Gasteiger partial charge in [-0.1, -0.05) is 30.3 Å². The largest absolute Gasteiger partial charge is 0.480 e. The summed E-state index contributed by atoms with van der Waals surface area (Å²) in [5.74, 6) is -0.940. The van der Waals surface area contributed by atoms with E-state index in [2.05, 4.69) is 11.4 Å². The van der Waals surface area contributed by atoms with Crippen LogP contribution in [0, 0.1) is 11.3 Å². The first-order chi connectivity index (χ1) is 8.13. The van der Waals surface area contributed by atoms with E-state index in [0.29, 0.717) is 6.42 Å². The van der Waals surface area contributed by atoms with Gasteiger partial charge in [0.1, 0.15) is 6.04 Å². The van der Waals surface area contributed by atoms with E-state index in [-0.39, 0.29) is 0 Å². The van der Waals surface area contributed by atoms with Crippen LogP contribution in [0.3, 0.4) is 0 Å². The highest BCUT2D eigenvalue weighted by molar-refractivity contribution is 5.72. The summed E-state index contributed by atoms with van der Waals surface area (Å²) in [5.41, 5.74) is 1.15. The van der Waals surface area contributed by atoms with Crippen LogP contribution < -0.4 is 5.32 Å². The lowest BCUT2D eigenvalue weighted by Gasteiger charge is -2.14. The Bertz CT molecular complexity index is 398. The van der Waals surface area contributed by atoms with Crippen LogP contribution in [0.5, 0.6) is 0 Å². The first kappa shape index (κ1) is 13.2. The molecule has 2 atom stereocenters. The van der Waals surface area contributed by atoms with Gasteiger partial charge in [0, 0.05) is 0 Å². The minimum absolute atomic E-state index is 0.429. The average molecular weight is 232 g/mol. The Kier molecular flexibility index (Phi) is 5.18. The molecule has 0 aliphatic heterocycles. The molecule has 1 aromatic carbocycles. The third-order valence-electron chi connectivity index (χ3n) is 2.54. The molecule has 0 spiro atoms. The number of benzene rings is 1. The third-order valence-corrected chi connectivity index (χ3v) is 2.54. The topological polar surface area (TPSA) is 73.1 Å². The molecule has 0 radical (unpaired) electrons. The number of carboxylic acid groups (broad SMARTS) is 1. The minimum atomic E-state index is -0.940. The van der Waals surface area contributed by atoms with E-state index in [1.807, 2.05) is 30.3 Å². The molecule has 0 aromatic heterocycles. The SMILES string of the molecule is C[C@H](NC(C#N)CCc1ccccc1)C(=O)O. The summed E-state index contributed by atoms with van der Waals surface area (Å²) in [6.07, 6.45) is 1.37. The van der Waals surface area contributed by atoms with Crippen LogP contribution in [0.15, 0.2) is 30.3 Å². The molecule has 0 aliphatic rings. The van der Waals surface area contributed by atoms with Crippen LogP contribution in [0.2, 0.25) is 0 Å². The van der Waals surface area contributed by atoms with Gasteiger partial charge in [-0.2, -0.15) is 5.26 Å². The van der Waals surface area contributed by atoms with Gasteiger partial charge in [0.15, 0.2) is 0 Å². The van der Waals surface area contributed by atoms with Crippen molar-refractivity contribution in [1.29, 1.82) is 5.26 Å². The lowest BCUT2D eigenvalue weighted by molar-refractivity contribution is -0.139. The zero-order valence-corrected chi connectivity index (χ0v) is 9.76. The van der Waals surface area contributed by atoms with Gasteiger partial charge in [-0.15, -0.1) is 0 Å². The number of nitrogens with zero attached hydrogens (tertiary/aromatic N) is 1. The highest BCUT2D eigenvalue weighted by atomic mass is 16.4. The van der Waals surface area contributed by atoms with E-state index in [4.69, 9.17) is 10.4 Å². The molecule has 0 heterocycles. The van der Waals surface area contributed by atoms with E-state index in [9.17, 15) is 4.79 Å². The Morgan fingerprint density at radius 3 is 2.65 bits per heavy atom. The average Bonchev–Trinajstić information content (AvgIpc) is 2.35. The van der Waals surface area contributed by atoms with Crippen LogP contribution in [-0.4, -0.2) is 23.2 Å². The van der Waals surface area contributed by atoms with Gasteiger partial charge in [-0.05, 0) is 25.3 Å². The molecule has 0 aliphatic carbocycles. The summed E-state index contributed by atoms with van der Waals surface area (Å²) in [5, 5.41) is 20.4. The van der Waals surface area contributed by atoms with E-state index in [1.54, 1.807) is 0 Å². The Hall–Kier alpha value is -1.86. The Balaban J connectivity index is 2.43. The Labute approximate surface area is 101 Å². The van der Waals surface area contributed by atoms with Gasteiger partial charge in [0.25, 0.3) is 0 Å².